The van der Waals surface area contributed by atoms with Crippen LogP contribution in [0.2, 0.25) is 0 Å². The summed E-state index contributed by atoms with van der Waals surface area (Å²) >= 11 is 0. The molecule has 0 N–H and O–H groups in total. The van der Waals surface area contributed by atoms with Gasteiger partial charge in [-0.2, -0.15) is 4.79 Å². The van der Waals surface area contributed by atoms with E-state index in [1.807, 2.05) is 30.3 Å². The molecule has 1 aromatic carbocycles. The van der Waals surface area contributed by atoms with Crippen molar-refractivity contribution in [2.45, 2.75) is 19.4 Å². The largest absolute Gasteiger partial charge is 0.622 e. The lowest BCUT2D eigenvalue weighted by Gasteiger charge is -2.32. The van der Waals surface area contributed by atoms with E-state index in [0.717, 1.165) is 18.4 Å². The van der Waals surface area contributed by atoms with Crippen LogP contribution in [0, 0.1) is 5.21 Å². The number of hydrogen-bond acceptors (Lipinski definition) is 3. The lowest BCUT2D eigenvalue weighted by molar-refractivity contribution is -0.794. The first-order valence-corrected chi connectivity index (χ1v) is 5.50. The molecular formula is C12H15NO3. The van der Waals surface area contributed by atoms with Crippen LogP contribution in [-0.4, -0.2) is 23.8 Å². The molecule has 1 heterocycles. The van der Waals surface area contributed by atoms with Gasteiger partial charge in [0.15, 0.2) is 0 Å². The lowest BCUT2D eigenvalue weighted by Crippen LogP contribution is -2.45. The normalized spacial score (nSPS) is 18.3. The monoisotopic (exact) mass is 221 g/mol. The highest BCUT2D eigenvalue weighted by atomic mass is 16.7. The van der Waals surface area contributed by atoms with E-state index >= 15 is 0 Å². The SMILES string of the molecule is O=C(OCc1ccccc1)[N+]1([O-])CCCC1. The van der Waals surface area contributed by atoms with Crippen molar-refractivity contribution in [3.63, 3.8) is 0 Å². The molecule has 0 unspecified atom stereocenters. The van der Waals surface area contributed by atoms with Crippen LogP contribution in [0.4, 0.5) is 4.79 Å². The summed E-state index contributed by atoms with van der Waals surface area (Å²) in [6.07, 6.45) is 0.967. The zero-order chi connectivity index (χ0) is 11.4. The van der Waals surface area contributed by atoms with Crippen LogP contribution < -0.4 is 0 Å². The maximum Gasteiger partial charge on any atom is 0.516 e. The van der Waals surface area contributed by atoms with Gasteiger partial charge in [-0.15, -0.1) is 0 Å². The van der Waals surface area contributed by atoms with Gasteiger partial charge in [0.25, 0.3) is 0 Å². The third-order valence-electron chi connectivity index (χ3n) is 2.83. The second-order valence-corrected chi connectivity index (χ2v) is 4.08. The Morgan fingerprint density at radius 2 is 1.88 bits per heavy atom. The van der Waals surface area contributed by atoms with Crippen LogP contribution in [0.5, 0.6) is 0 Å². The number of carbonyl (C=O) groups excluding carboxylic acids is 1. The van der Waals surface area contributed by atoms with E-state index in [2.05, 4.69) is 0 Å². The number of hydroxylamine groups is 3. The third-order valence-corrected chi connectivity index (χ3v) is 2.83. The first kappa shape index (κ1) is 11.1. The summed E-state index contributed by atoms with van der Waals surface area (Å²) in [5.74, 6) is 0. The molecule has 1 aliphatic rings. The number of likely N-dealkylation sites (tertiary alicyclic amines) is 1. The van der Waals surface area contributed by atoms with Crippen LogP contribution in [0.15, 0.2) is 30.3 Å². The van der Waals surface area contributed by atoms with Gasteiger partial charge in [-0.25, -0.2) is 0 Å². The minimum Gasteiger partial charge on any atom is -0.622 e. The quantitative estimate of drug-likeness (QED) is 0.569. The van der Waals surface area contributed by atoms with Gasteiger partial charge in [-0.05, 0) is 5.56 Å². The highest BCUT2D eigenvalue weighted by Crippen LogP contribution is 2.19. The molecule has 86 valence electrons. The van der Waals surface area contributed by atoms with E-state index in [1.165, 1.54) is 0 Å². The molecule has 1 aromatic rings. The molecule has 1 aliphatic heterocycles. The summed E-state index contributed by atoms with van der Waals surface area (Å²) in [7, 11) is 0. The van der Waals surface area contributed by atoms with Crippen LogP contribution >= 0.6 is 0 Å². The fourth-order valence-electron chi connectivity index (χ4n) is 1.87. The fourth-order valence-corrected chi connectivity index (χ4v) is 1.87. The van der Waals surface area contributed by atoms with Crippen molar-refractivity contribution in [1.29, 1.82) is 0 Å². The zero-order valence-corrected chi connectivity index (χ0v) is 9.09. The molecule has 0 aromatic heterocycles. The topological polar surface area (TPSA) is 49.4 Å². The number of nitrogens with zero attached hydrogens (tertiary/aromatic N) is 1. The van der Waals surface area contributed by atoms with E-state index in [1.54, 1.807) is 0 Å². The van der Waals surface area contributed by atoms with Crippen molar-refractivity contribution in [2.75, 3.05) is 13.1 Å². The fraction of sp³-hybridized carbons (Fsp3) is 0.417. The van der Waals surface area contributed by atoms with Crippen molar-refractivity contribution in [1.82, 2.24) is 0 Å². The molecule has 2 rings (SSSR count). The highest BCUT2D eigenvalue weighted by Gasteiger charge is 2.33. The maximum absolute atomic E-state index is 11.9. The predicted octanol–water partition coefficient (Wildman–Crippen LogP) is 2.43. The second kappa shape index (κ2) is 4.63. The van der Waals surface area contributed by atoms with Gasteiger partial charge >= 0.3 is 6.09 Å². The molecule has 0 bridgehead atoms. The Balaban J connectivity index is 1.89. The number of quaternary nitrogens is 1. The molecule has 0 atom stereocenters. The molecule has 16 heavy (non-hydrogen) atoms. The Morgan fingerprint density at radius 1 is 1.25 bits per heavy atom. The van der Waals surface area contributed by atoms with Gasteiger partial charge in [0, 0.05) is 12.8 Å². The van der Waals surface area contributed by atoms with E-state index in [-0.39, 0.29) is 6.61 Å². The van der Waals surface area contributed by atoms with Crippen LogP contribution in [-0.2, 0) is 11.3 Å². The molecule has 1 amide bonds. The molecule has 4 heteroatoms. The minimum absolute atomic E-state index is 0.182. The van der Waals surface area contributed by atoms with Crippen LogP contribution in [0.3, 0.4) is 0 Å². The maximum atomic E-state index is 11.9. The number of rotatable bonds is 2. The smallest absolute Gasteiger partial charge is 0.516 e. The Bertz CT molecular complexity index is 358. The average Bonchev–Trinajstić information content (AvgIpc) is 2.76. The van der Waals surface area contributed by atoms with Crippen molar-refractivity contribution in [3.8, 4) is 0 Å². The Hall–Kier alpha value is -1.39. The standard InChI is InChI=1S/C12H15NO3/c14-12(13(15)8-4-5-9-13)16-10-11-6-2-1-3-7-11/h1-3,6-7H,4-5,8-10H2. The number of hydrogen-bond donors (Lipinski definition) is 0. The first-order chi connectivity index (χ1) is 7.71. The summed E-state index contributed by atoms with van der Waals surface area (Å²) in [6.45, 7) is 0.892. The third kappa shape index (κ3) is 2.40. The van der Waals surface area contributed by atoms with Crippen LogP contribution in [0.25, 0.3) is 0 Å². The Morgan fingerprint density at radius 3 is 2.50 bits per heavy atom. The lowest BCUT2D eigenvalue weighted by atomic mass is 10.2. The van der Waals surface area contributed by atoms with Crippen molar-refractivity contribution in [3.05, 3.63) is 41.1 Å². The highest BCUT2D eigenvalue weighted by molar-refractivity contribution is 5.60. The van der Waals surface area contributed by atoms with Crippen molar-refractivity contribution >= 4 is 6.09 Å². The second-order valence-electron chi connectivity index (χ2n) is 4.08. The Labute approximate surface area is 94.6 Å². The first-order valence-electron chi connectivity index (χ1n) is 5.50. The van der Waals surface area contributed by atoms with E-state index in [4.69, 9.17) is 4.74 Å². The Kier molecular flexibility index (Phi) is 3.22. The molecule has 1 fully saturated rings. The number of benzene rings is 1. The number of amides is 1. The van der Waals surface area contributed by atoms with Crippen molar-refractivity contribution < 1.29 is 14.2 Å². The summed E-state index contributed by atoms with van der Waals surface area (Å²) < 4.78 is 4.22. The molecule has 0 saturated carbocycles. The van der Waals surface area contributed by atoms with Gasteiger partial charge in [0.2, 0.25) is 0 Å². The van der Waals surface area contributed by atoms with E-state index in [0.29, 0.717) is 13.1 Å². The molecule has 1 saturated heterocycles. The predicted molar refractivity (Wildman–Crippen MR) is 59.2 cm³/mol. The van der Waals surface area contributed by atoms with Gasteiger partial charge in [0.05, 0.1) is 13.1 Å². The minimum atomic E-state index is -0.813. The van der Waals surface area contributed by atoms with E-state index < -0.39 is 10.7 Å². The number of ether oxygens (including phenoxy) is 1. The molecule has 4 nitrogen and oxygen atoms in total. The molecular weight excluding hydrogens is 206 g/mol. The van der Waals surface area contributed by atoms with Gasteiger partial charge < -0.3 is 9.94 Å². The summed E-state index contributed by atoms with van der Waals surface area (Å²) in [5.41, 5.74) is 0.904. The van der Waals surface area contributed by atoms with Crippen LogP contribution in [0.1, 0.15) is 18.4 Å². The average molecular weight is 221 g/mol. The van der Waals surface area contributed by atoms with Gasteiger partial charge in [0.1, 0.15) is 6.61 Å². The zero-order valence-electron chi connectivity index (χ0n) is 9.09. The molecule has 0 radical (unpaired) electrons. The molecule has 0 spiro atoms. The number of carbonyl (C=O) groups is 1. The van der Waals surface area contributed by atoms with Gasteiger partial charge in [-0.3, -0.25) is 4.65 Å². The van der Waals surface area contributed by atoms with Crippen molar-refractivity contribution in [2.24, 2.45) is 0 Å². The summed E-state index contributed by atoms with van der Waals surface area (Å²) in [4.78, 5) is 11.6. The summed E-state index contributed by atoms with van der Waals surface area (Å²) in [5, 5.41) is 11.9. The molecule has 0 aliphatic carbocycles. The van der Waals surface area contributed by atoms with E-state index in [9.17, 15) is 10.0 Å². The van der Waals surface area contributed by atoms with Gasteiger partial charge in [-0.1, -0.05) is 30.3 Å². The summed E-state index contributed by atoms with van der Waals surface area (Å²) in [6, 6.07) is 9.38.